The van der Waals surface area contributed by atoms with E-state index in [9.17, 15) is 24.6 Å². The number of piperidine rings is 1. The van der Waals surface area contributed by atoms with E-state index in [4.69, 9.17) is 16.2 Å². The summed E-state index contributed by atoms with van der Waals surface area (Å²) in [5.41, 5.74) is 10.5. The van der Waals surface area contributed by atoms with Gasteiger partial charge in [-0.25, -0.2) is 15.1 Å². The molecule has 3 saturated heterocycles. The average Bonchev–Trinajstić information content (AvgIpc) is 3.36. The monoisotopic (exact) mass is 479 g/mol. The van der Waals surface area contributed by atoms with Crippen molar-refractivity contribution in [1.82, 2.24) is 20.0 Å². The van der Waals surface area contributed by atoms with Crippen LogP contribution in [0.1, 0.15) is 32.6 Å². The molecule has 3 amide bonds. The molecule has 5 heterocycles. The number of carbonyl (C=O) groups excluding carboxylic acids is 3. The van der Waals surface area contributed by atoms with Crippen molar-refractivity contribution < 1.29 is 34.3 Å². The normalized spacial score (nSPS) is 36.6. The van der Waals surface area contributed by atoms with E-state index >= 15 is 0 Å². The Kier molecular flexibility index (Phi) is 5.13. The summed E-state index contributed by atoms with van der Waals surface area (Å²) in [6, 6.07) is -1.72. The molecule has 8 N–H and O–H groups in total. The fourth-order valence-corrected chi connectivity index (χ4v) is 5.82. The van der Waals surface area contributed by atoms with E-state index in [-0.39, 0.29) is 49.7 Å². The molecule has 14 nitrogen and oxygen atoms in total. The Hall–Kier alpha value is -3.13. The summed E-state index contributed by atoms with van der Waals surface area (Å²) < 4.78 is 5.59. The van der Waals surface area contributed by atoms with Crippen LogP contribution in [0.4, 0.5) is 4.79 Å². The number of imide groups is 1. The quantitative estimate of drug-likeness (QED) is 0.168. The predicted molar refractivity (Wildman–Crippen MR) is 115 cm³/mol. The zero-order valence-corrected chi connectivity index (χ0v) is 18.9. The topological polar surface area (TPSA) is 201 Å². The summed E-state index contributed by atoms with van der Waals surface area (Å²) in [7, 11) is 0. The summed E-state index contributed by atoms with van der Waals surface area (Å²) >= 11 is 0. The number of aliphatic hydroxyl groups is 2. The van der Waals surface area contributed by atoms with Gasteiger partial charge in [0.1, 0.15) is 6.04 Å². The van der Waals surface area contributed by atoms with Gasteiger partial charge >= 0.3 is 12.1 Å². The number of likely N-dealkylation sites (tertiary alicyclic amines) is 2. The minimum absolute atomic E-state index is 0.0354. The first-order valence-corrected chi connectivity index (χ1v) is 11.6. The zero-order chi connectivity index (χ0) is 24.4. The van der Waals surface area contributed by atoms with Crippen LogP contribution < -0.4 is 21.8 Å². The number of carbonyl (C=O) groups is 3. The molecule has 0 bridgehead atoms. The summed E-state index contributed by atoms with van der Waals surface area (Å²) in [6.45, 7) is 2.84. The van der Waals surface area contributed by atoms with Crippen molar-refractivity contribution in [3.05, 3.63) is 0 Å². The molecule has 3 fully saturated rings. The Balaban J connectivity index is 1.43. The molecule has 1 spiro atoms. The Bertz CT molecular complexity index is 968. The fraction of sp³-hybridized carbons (Fsp3) is 0.750. The number of guanidine groups is 2. The molecule has 5 aliphatic rings. The Morgan fingerprint density at radius 1 is 1.26 bits per heavy atom. The van der Waals surface area contributed by atoms with Crippen LogP contribution in [0.2, 0.25) is 0 Å². The largest absolute Gasteiger partial charge is 0.438 e. The van der Waals surface area contributed by atoms with Crippen molar-refractivity contribution in [2.24, 2.45) is 22.4 Å². The highest BCUT2D eigenvalue weighted by Crippen LogP contribution is 2.42. The van der Waals surface area contributed by atoms with Gasteiger partial charge in [-0.1, -0.05) is 6.92 Å². The molecule has 5 aliphatic heterocycles. The fourth-order valence-electron chi connectivity index (χ4n) is 5.82. The molecule has 0 aromatic rings. The highest BCUT2D eigenvalue weighted by molar-refractivity contribution is 6.02. The number of rotatable bonds is 3. The molecule has 0 aromatic carbocycles. The van der Waals surface area contributed by atoms with Gasteiger partial charge in [0.15, 0.2) is 18.1 Å². The first-order chi connectivity index (χ1) is 16.0. The number of nitrogens with two attached hydrogens (primary N) is 2. The van der Waals surface area contributed by atoms with Crippen molar-refractivity contribution in [1.29, 1.82) is 0 Å². The van der Waals surface area contributed by atoms with E-state index in [1.165, 1.54) is 4.90 Å². The van der Waals surface area contributed by atoms with E-state index < -0.39 is 35.7 Å². The molecule has 14 heteroatoms. The Labute approximate surface area is 195 Å². The van der Waals surface area contributed by atoms with E-state index in [1.807, 2.05) is 6.92 Å². The summed E-state index contributed by atoms with van der Waals surface area (Å²) in [5, 5.41) is 25.7. The van der Waals surface area contributed by atoms with Gasteiger partial charge in [0.2, 0.25) is 11.8 Å². The summed E-state index contributed by atoms with van der Waals surface area (Å²) in [5.74, 6) is -2.99. The molecule has 34 heavy (non-hydrogen) atoms. The van der Waals surface area contributed by atoms with Crippen LogP contribution in [0, 0.1) is 5.92 Å². The number of nitrogens with one attached hydrogen (secondary N) is 2. The van der Waals surface area contributed by atoms with Crippen LogP contribution >= 0.6 is 0 Å². The second kappa shape index (κ2) is 7.70. The molecule has 186 valence electrons. The maximum Gasteiger partial charge on any atom is 0.410 e. The van der Waals surface area contributed by atoms with E-state index in [2.05, 4.69) is 15.3 Å². The third-order valence-corrected chi connectivity index (χ3v) is 7.51. The lowest BCUT2D eigenvalue weighted by molar-refractivity contribution is -0.522. The first-order valence-electron chi connectivity index (χ1n) is 11.6. The Morgan fingerprint density at radius 3 is 2.65 bits per heavy atom. The van der Waals surface area contributed by atoms with Gasteiger partial charge in [0, 0.05) is 25.9 Å². The molecule has 5 atom stereocenters. The minimum atomic E-state index is -2.64. The van der Waals surface area contributed by atoms with E-state index in [1.54, 1.807) is 4.90 Å². The molecular formula is C20H31N8O6+. The van der Waals surface area contributed by atoms with Gasteiger partial charge in [0.05, 0.1) is 13.1 Å². The molecule has 0 saturated carbocycles. The van der Waals surface area contributed by atoms with Crippen LogP contribution in [-0.4, -0.2) is 111 Å². The lowest BCUT2D eigenvalue weighted by Crippen LogP contribution is -2.90. The molecular weight excluding hydrogens is 448 g/mol. The van der Waals surface area contributed by atoms with Crippen LogP contribution in [0.5, 0.6) is 0 Å². The lowest BCUT2D eigenvalue weighted by atomic mass is 9.85. The van der Waals surface area contributed by atoms with Gasteiger partial charge in [-0.15, -0.1) is 0 Å². The minimum Gasteiger partial charge on any atom is -0.438 e. The third-order valence-electron chi connectivity index (χ3n) is 7.51. The van der Waals surface area contributed by atoms with Gasteiger partial charge < -0.3 is 25.6 Å². The van der Waals surface area contributed by atoms with E-state index in [0.717, 1.165) is 17.7 Å². The van der Waals surface area contributed by atoms with Crippen molar-refractivity contribution >= 4 is 29.8 Å². The smallest absolute Gasteiger partial charge is 0.410 e. The predicted octanol–water partition coefficient (Wildman–Crippen LogP) is -4.87. The molecule has 5 rings (SSSR count). The van der Waals surface area contributed by atoms with Gasteiger partial charge in [-0.3, -0.25) is 30.1 Å². The van der Waals surface area contributed by atoms with Crippen molar-refractivity contribution in [2.75, 3.05) is 26.2 Å². The van der Waals surface area contributed by atoms with Gasteiger partial charge in [-0.05, 0) is 18.8 Å². The molecule has 0 radical (unpaired) electrons. The number of hydrogen-bond acceptors (Lipinski definition) is 11. The summed E-state index contributed by atoms with van der Waals surface area (Å²) in [4.78, 5) is 48.7. The SMILES string of the molecule is CC1CCCN(C(=O)O[C@H]2CN3C(N)=N[C@@H](CN4C(=O)CCC4=O)[C@@H]4[NH+]=C(N)N[C@@]43C2(O)O)C1. The number of ether oxygens (including phenoxy) is 1. The highest BCUT2D eigenvalue weighted by atomic mass is 16.6. The Morgan fingerprint density at radius 2 is 1.97 bits per heavy atom. The summed E-state index contributed by atoms with van der Waals surface area (Å²) in [6.07, 6.45) is 0.0707. The van der Waals surface area contributed by atoms with Crippen LogP contribution in [0.15, 0.2) is 4.99 Å². The standard InChI is InChI=1S/C20H30N8O6/c1-10-3-2-6-26(7-10)18(31)34-12-9-28-17(22)23-11(8-27-13(29)4-5-14(27)30)15-19(28,20(12,32)33)25-16(21)24-15/h10-12,15,32-33H,2-9H2,1H3,(H2,22,23)(H3,21,24,25)/p+1/t10?,11-,12-,15-,19-/m0/s1. The second-order valence-corrected chi connectivity index (χ2v) is 9.78. The number of hydrogen-bond donors (Lipinski definition) is 6. The van der Waals surface area contributed by atoms with Crippen molar-refractivity contribution in [3.8, 4) is 0 Å². The van der Waals surface area contributed by atoms with Crippen LogP contribution in [-0.2, 0) is 14.3 Å². The maximum atomic E-state index is 12.8. The van der Waals surface area contributed by atoms with Crippen LogP contribution in [0.3, 0.4) is 0 Å². The van der Waals surface area contributed by atoms with Crippen LogP contribution in [0.25, 0.3) is 0 Å². The first kappa shape index (κ1) is 22.7. The van der Waals surface area contributed by atoms with Gasteiger partial charge in [0.25, 0.3) is 11.4 Å². The van der Waals surface area contributed by atoms with Crippen molar-refractivity contribution in [2.45, 2.75) is 62.2 Å². The number of aliphatic imine (C=N–C) groups is 1. The maximum absolute atomic E-state index is 12.8. The number of nitrogens with zero attached hydrogens (tertiary/aromatic N) is 4. The third kappa shape index (κ3) is 3.19. The number of amides is 3. The molecule has 0 aromatic heterocycles. The molecule has 1 unspecified atom stereocenters. The van der Waals surface area contributed by atoms with Crippen molar-refractivity contribution in [3.63, 3.8) is 0 Å². The van der Waals surface area contributed by atoms with E-state index in [0.29, 0.717) is 19.0 Å². The van der Waals surface area contributed by atoms with Gasteiger partial charge in [-0.2, -0.15) is 0 Å². The average molecular weight is 480 g/mol. The highest BCUT2D eigenvalue weighted by Gasteiger charge is 2.77. The zero-order valence-electron chi connectivity index (χ0n) is 18.9. The lowest BCUT2D eigenvalue weighted by Gasteiger charge is -2.46. The second-order valence-electron chi connectivity index (χ2n) is 9.78. The molecule has 0 aliphatic carbocycles.